The Hall–Kier alpha value is -3.39. The van der Waals surface area contributed by atoms with E-state index in [1.807, 2.05) is 63.2 Å². The molecule has 0 saturated carbocycles. The number of amides is 1. The van der Waals surface area contributed by atoms with Crippen LogP contribution in [0.15, 0.2) is 64.8 Å². The van der Waals surface area contributed by atoms with Gasteiger partial charge >= 0.3 is 5.56 Å². The van der Waals surface area contributed by atoms with Crippen LogP contribution in [0.3, 0.4) is 0 Å². The van der Waals surface area contributed by atoms with Gasteiger partial charge in [0.25, 0.3) is 0 Å². The number of para-hydroxylation sites is 1. The summed E-state index contributed by atoms with van der Waals surface area (Å²) in [6.45, 7) is 6.09. The molecule has 0 spiro atoms. The topological polar surface area (TPSA) is 81.3 Å². The SMILES string of the molecule is CCc1ccccc1NC(=O)CSc1nnc2c(=O)n(-c3ccc(C)c(C)c3)ccn12. The smallest absolute Gasteiger partial charge is 0.300 e. The van der Waals surface area contributed by atoms with E-state index >= 15 is 0 Å². The zero-order valence-electron chi connectivity index (χ0n) is 17.6. The van der Waals surface area contributed by atoms with E-state index in [1.54, 1.807) is 21.4 Å². The van der Waals surface area contributed by atoms with Gasteiger partial charge in [0.15, 0.2) is 5.16 Å². The molecule has 0 saturated heterocycles. The molecule has 8 heteroatoms. The zero-order chi connectivity index (χ0) is 22.0. The molecule has 4 rings (SSSR count). The summed E-state index contributed by atoms with van der Waals surface area (Å²) in [5, 5.41) is 11.6. The van der Waals surface area contributed by atoms with Crippen molar-refractivity contribution < 1.29 is 4.79 Å². The molecule has 158 valence electrons. The number of fused-ring (bicyclic) bond motifs is 1. The monoisotopic (exact) mass is 433 g/mol. The number of thioether (sulfide) groups is 1. The minimum absolute atomic E-state index is 0.133. The third kappa shape index (κ3) is 4.25. The van der Waals surface area contributed by atoms with Gasteiger partial charge in [0.05, 0.1) is 5.75 Å². The van der Waals surface area contributed by atoms with Crippen LogP contribution in [0.5, 0.6) is 0 Å². The molecule has 2 heterocycles. The van der Waals surface area contributed by atoms with Gasteiger partial charge in [0, 0.05) is 23.8 Å². The summed E-state index contributed by atoms with van der Waals surface area (Å²) >= 11 is 1.24. The van der Waals surface area contributed by atoms with Crippen LogP contribution in [0.1, 0.15) is 23.6 Å². The van der Waals surface area contributed by atoms with E-state index in [0.717, 1.165) is 28.9 Å². The van der Waals surface area contributed by atoms with E-state index in [-0.39, 0.29) is 22.9 Å². The Bertz CT molecular complexity index is 1330. The van der Waals surface area contributed by atoms with Crippen molar-refractivity contribution in [3.05, 3.63) is 81.9 Å². The predicted octanol–water partition coefficient (Wildman–Crippen LogP) is 3.79. The fraction of sp³-hybridized carbons (Fsp3) is 0.217. The summed E-state index contributed by atoms with van der Waals surface area (Å²) in [6.07, 6.45) is 4.29. The molecule has 0 aliphatic heterocycles. The van der Waals surface area contributed by atoms with Crippen molar-refractivity contribution in [1.29, 1.82) is 0 Å². The molecule has 0 radical (unpaired) electrons. The Kier molecular flexibility index (Phi) is 5.90. The summed E-state index contributed by atoms with van der Waals surface area (Å²) in [5.74, 6) is 0.0325. The molecule has 0 aliphatic carbocycles. The highest BCUT2D eigenvalue weighted by Crippen LogP contribution is 2.19. The lowest BCUT2D eigenvalue weighted by Crippen LogP contribution is -2.20. The number of aromatic nitrogens is 4. The Morgan fingerprint density at radius 2 is 1.87 bits per heavy atom. The zero-order valence-corrected chi connectivity index (χ0v) is 18.4. The third-order valence-electron chi connectivity index (χ3n) is 5.21. The van der Waals surface area contributed by atoms with Gasteiger partial charge in [-0.1, -0.05) is 43.0 Å². The second-order valence-corrected chi connectivity index (χ2v) is 8.21. The lowest BCUT2D eigenvalue weighted by molar-refractivity contribution is -0.113. The van der Waals surface area contributed by atoms with E-state index in [4.69, 9.17) is 0 Å². The average Bonchev–Trinajstić information content (AvgIpc) is 3.19. The van der Waals surface area contributed by atoms with Gasteiger partial charge in [0.1, 0.15) is 0 Å². The first-order valence-corrected chi connectivity index (χ1v) is 11.0. The standard InChI is InChI=1S/C23H23N5O2S/c1-4-17-7-5-6-8-19(17)24-20(29)14-31-23-26-25-21-22(30)27(11-12-28(21)23)18-10-9-15(2)16(3)13-18/h5-13H,4,14H2,1-3H3,(H,24,29). The average molecular weight is 434 g/mol. The van der Waals surface area contributed by atoms with Gasteiger partial charge in [-0.15, -0.1) is 10.2 Å². The van der Waals surface area contributed by atoms with Crippen LogP contribution < -0.4 is 10.9 Å². The Morgan fingerprint density at radius 3 is 2.65 bits per heavy atom. The largest absolute Gasteiger partial charge is 0.325 e. The van der Waals surface area contributed by atoms with E-state index < -0.39 is 0 Å². The van der Waals surface area contributed by atoms with Gasteiger partial charge < -0.3 is 5.32 Å². The molecule has 4 aromatic rings. The van der Waals surface area contributed by atoms with Gasteiger partial charge in [-0.05, 0) is 55.2 Å². The Morgan fingerprint density at radius 1 is 1.06 bits per heavy atom. The Balaban J connectivity index is 1.53. The third-order valence-corrected chi connectivity index (χ3v) is 6.16. The molecule has 1 N–H and O–H groups in total. The molecule has 0 bridgehead atoms. The summed E-state index contributed by atoms with van der Waals surface area (Å²) in [7, 11) is 0. The highest BCUT2D eigenvalue weighted by Gasteiger charge is 2.14. The number of benzene rings is 2. The van der Waals surface area contributed by atoms with Crippen LogP contribution in [-0.4, -0.2) is 30.8 Å². The molecule has 2 aromatic heterocycles. The van der Waals surface area contributed by atoms with Crippen molar-refractivity contribution >= 4 is 29.0 Å². The van der Waals surface area contributed by atoms with Crippen LogP contribution in [0.4, 0.5) is 5.69 Å². The van der Waals surface area contributed by atoms with Crippen LogP contribution in [-0.2, 0) is 11.2 Å². The number of carbonyl (C=O) groups excluding carboxylic acids is 1. The fourth-order valence-electron chi connectivity index (χ4n) is 3.31. The van der Waals surface area contributed by atoms with Crippen LogP contribution >= 0.6 is 11.8 Å². The van der Waals surface area contributed by atoms with E-state index in [1.165, 1.54) is 17.3 Å². The van der Waals surface area contributed by atoms with E-state index in [9.17, 15) is 9.59 Å². The number of anilines is 1. The Labute approximate surface area is 184 Å². The van der Waals surface area contributed by atoms with Crippen LogP contribution in [0.2, 0.25) is 0 Å². The van der Waals surface area contributed by atoms with Crippen molar-refractivity contribution in [2.75, 3.05) is 11.1 Å². The second kappa shape index (κ2) is 8.77. The number of nitrogens with one attached hydrogen (secondary N) is 1. The molecule has 0 aliphatic rings. The van der Waals surface area contributed by atoms with Gasteiger partial charge in [-0.2, -0.15) is 0 Å². The summed E-state index contributed by atoms with van der Waals surface area (Å²) in [4.78, 5) is 25.4. The van der Waals surface area contributed by atoms with Crippen molar-refractivity contribution in [2.45, 2.75) is 32.3 Å². The first-order chi connectivity index (χ1) is 15.0. The van der Waals surface area contributed by atoms with Crippen molar-refractivity contribution in [2.24, 2.45) is 0 Å². The summed E-state index contributed by atoms with van der Waals surface area (Å²) in [6, 6.07) is 13.6. The first-order valence-electron chi connectivity index (χ1n) is 10.0. The first kappa shape index (κ1) is 20.9. The van der Waals surface area contributed by atoms with Crippen LogP contribution in [0.25, 0.3) is 11.3 Å². The maximum atomic E-state index is 12.9. The second-order valence-electron chi connectivity index (χ2n) is 7.27. The number of nitrogens with zero attached hydrogens (tertiary/aromatic N) is 4. The minimum atomic E-state index is -0.258. The molecule has 2 aromatic carbocycles. The van der Waals surface area contributed by atoms with E-state index in [2.05, 4.69) is 15.5 Å². The van der Waals surface area contributed by atoms with Crippen molar-refractivity contribution in [3.8, 4) is 5.69 Å². The highest BCUT2D eigenvalue weighted by molar-refractivity contribution is 7.99. The number of aryl methyl sites for hydroxylation is 3. The summed E-state index contributed by atoms with van der Waals surface area (Å²) in [5.41, 5.74) is 4.92. The fourth-order valence-corrected chi connectivity index (χ4v) is 4.03. The molecule has 0 atom stereocenters. The van der Waals surface area contributed by atoms with Gasteiger partial charge in [0.2, 0.25) is 11.6 Å². The normalized spacial score (nSPS) is 11.1. The number of hydrogen-bond acceptors (Lipinski definition) is 5. The molecule has 7 nitrogen and oxygen atoms in total. The van der Waals surface area contributed by atoms with Gasteiger partial charge in [-0.25, -0.2) is 0 Å². The number of hydrogen-bond donors (Lipinski definition) is 1. The lowest BCUT2D eigenvalue weighted by atomic mass is 10.1. The molecule has 31 heavy (non-hydrogen) atoms. The molecule has 0 unspecified atom stereocenters. The molecule has 1 amide bonds. The number of rotatable bonds is 6. The van der Waals surface area contributed by atoms with Crippen molar-refractivity contribution in [3.63, 3.8) is 0 Å². The van der Waals surface area contributed by atoms with Crippen molar-refractivity contribution in [1.82, 2.24) is 19.2 Å². The van der Waals surface area contributed by atoms with Gasteiger partial charge in [-0.3, -0.25) is 18.6 Å². The van der Waals surface area contributed by atoms with E-state index in [0.29, 0.717) is 5.16 Å². The summed E-state index contributed by atoms with van der Waals surface area (Å²) < 4.78 is 3.18. The number of carbonyl (C=O) groups is 1. The maximum absolute atomic E-state index is 12.9. The molecule has 0 fully saturated rings. The molecular formula is C23H23N5O2S. The predicted molar refractivity (Wildman–Crippen MR) is 123 cm³/mol. The maximum Gasteiger partial charge on any atom is 0.300 e. The minimum Gasteiger partial charge on any atom is -0.325 e. The van der Waals surface area contributed by atoms with Crippen LogP contribution in [0, 0.1) is 13.8 Å². The lowest BCUT2D eigenvalue weighted by Gasteiger charge is -2.09. The quantitative estimate of drug-likeness (QED) is 0.468. The highest BCUT2D eigenvalue weighted by atomic mass is 32.2. The molecular weight excluding hydrogens is 410 g/mol.